The highest BCUT2D eigenvalue weighted by Gasteiger charge is 2.40. The molecule has 0 spiro atoms. The maximum atomic E-state index is 14.5. The number of benzene rings is 2. The zero-order chi connectivity index (χ0) is 21.5. The predicted octanol–water partition coefficient (Wildman–Crippen LogP) is 5.06. The van der Waals surface area contributed by atoms with E-state index in [4.69, 9.17) is 4.74 Å². The van der Waals surface area contributed by atoms with Crippen LogP contribution in [0.5, 0.6) is 5.75 Å². The van der Waals surface area contributed by atoms with Crippen molar-refractivity contribution in [2.24, 2.45) is 7.05 Å². The molecule has 0 unspecified atom stereocenters. The molecule has 3 aromatic rings. The summed E-state index contributed by atoms with van der Waals surface area (Å²) < 4.78 is 36.1. The van der Waals surface area contributed by atoms with Crippen LogP contribution in [0, 0.1) is 11.6 Å². The second kappa shape index (κ2) is 7.59. The van der Waals surface area contributed by atoms with Crippen molar-refractivity contribution in [3.8, 4) is 5.75 Å². The SMILES string of the molecule is CCC1(CC)C[C@@H](NC(=O)Nc2cccc3c2cnn3C)c2cc(F)cc(F)c2O1. The number of nitrogens with zero attached hydrogens (tertiary/aromatic N) is 2. The van der Waals surface area contributed by atoms with E-state index in [-0.39, 0.29) is 5.75 Å². The van der Waals surface area contributed by atoms with E-state index in [0.717, 1.165) is 17.0 Å². The third kappa shape index (κ3) is 3.46. The fourth-order valence-corrected chi connectivity index (χ4v) is 4.10. The Balaban J connectivity index is 1.63. The van der Waals surface area contributed by atoms with Crippen LogP contribution in [0.25, 0.3) is 10.9 Å². The molecule has 0 radical (unpaired) electrons. The molecule has 30 heavy (non-hydrogen) atoms. The number of carbonyl (C=O) groups excluding carboxylic acids is 1. The molecule has 2 heterocycles. The van der Waals surface area contributed by atoms with Gasteiger partial charge in [-0.3, -0.25) is 4.68 Å². The molecule has 1 atom stereocenters. The largest absolute Gasteiger partial charge is 0.484 e. The average Bonchev–Trinajstić information content (AvgIpc) is 3.10. The molecule has 6 nitrogen and oxygen atoms in total. The first-order valence-corrected chi connectivity index (χ1v) is 10.0. The first-order valence-electron chi connectivity index (χ1n) is 10.0. The van der Waals surface area contributed by atoms with Gasteiger partial charge in [-0.25, -0.2) is 13.6 Å². The van der Waals surface area contributed by atoms with E-state index in [1.165, 1.54) is 6.07 Å². The lowest BCUT2D eigenvalue weighted by Crippen LogP contribution is -2.45. The van der Waals surface area contributed by atoms with Crippen LogP contribution in [0.3, 0.4) is 0 Å². The fraction of sp³-hybridized carbons (Fsp3) is 0.364. The van der Waals surface area contributed by atoms with E-state index < -0.39 is 29.3 Å². The maximum absolute atomic E-state index is 14.5. The highest BCUT2D eigenvalue weighted by Crippen LogP contribution is 2.44. The smallest absolute Gasteiger partial charge is 0.319 e. The fourth-order valence-electron chi connectivity index (χ4n) is 4.10. The summed E-state index contributed by atoms with van der Waals surface area (Å²) in [4.78, 5) is 12.8. The number of amides is 2. The number of fused-ring (bicyclic) bond motifs is 2. The number of nitrogens with one attached hydrogen (secondary N) is 2. The molecule has 0 saturated heterocycles. The third-order valence-corrected chi connectivity index (χ3v) is 5.94. The van der Waals surface area contributed by atoms with Crippen LogP contribution in [-0.4, -0.2) is 21.4 Å². The minimum Gasteiger partial charge on any atom is -0.484 e. The molecule has 4 rings (SSSR count). The lowest BCUT2D eigenvalue weighted by atomic mass is 9.83. The van der Waals surface area contributed by atoms with E-state index in [0.29, 0.717) is 30.5 Å². The summed E-state index contributed by atoms with van der Waals surface area (Å²) in [5.74, 6) is -1.46. The number of aryl methyl sites for hydroxylation is 1. The molecular formula is C22H24F2N4O2. The van der Waals surface area contributed by atoms with Crippen molar-refractivity contribution >= 4 is 22.6 Å². The average molecular weight is 414 g/mol. The lowest BCUT2D eigenvalue weighted by Gasteiger charge is -2.41. The Morgan fingerprint density at radius 1 is 1.30 bits per heavy atom. The molecule has 2 amide bonds. The Kier molecular flexibility index (Phi) is 5.09. The van der Waals surface area contributed by atoms with E-state index >= 15 is 0 Å². The standard InChI is InChI=1S/C22H24F2N4O2/c1-4-22(5-2)11-18(14-9-13(23)10-16(24)20(14)30-22)27-21(29)26-17-7-6-8-19-15(17)12-25-28(19)3/h6-10,12,18H,4-5,11H2,1-3H3,(H2,26,27,29)/t18-/m1/s1. The number of anilines is 1. The van der Waals surface area contributed by atoms with Crippen molar-refractivity contribution in [3.63, 3.8) is 0 Å². The van der Waals surface area contributed by atoms with Gasteiger partial charge in [-0.1, -0.05) is 19.9 Å². The summed E-state index contributed by atoms with van der Waals surface area (Å²) >= 11 is 0. The number of halogens is 2. The van der Waals surface area contributed by atoms with Crippen LogP contribution in [0.1, 0.15) is 44.7 Å². The van der Waals surface area contributed by atoms with Crippen LogP contribution >= 0.6 is 0 Å². The van der Waals surface area contributed by atoms with Crippen molar-refractivity contribution in [2.45, 2.75) is 44.8 Å². The van der Waals surface area contributed by atoms with Crippen molar-refractivity contribution in [1.29, 1.82) is 0 Å². The van der Waals surface area contributed by atoms with Gasteiger partial charge in [0.25, 0.3) is 0 Å². The second-order valence-corrected chi connectivity index (χ2v) is 7.66. The molecule has 1 aliphatic rings. The van der Waals surface area contributed by atoms with Crippen LogP contribution in [-0.2, 0) is 7.05 Å². The molecule has 2 N–H and O–H groups in total. The summed E-state index contributed by atoms with van der Waals surface area (Å²) in [5, 5.41) is 10.7. The highest BCUT2D eigenvalue weighted by molar-refractivity contribution is 6.00. The van der Waals surface area contributed by atoms with Gasteiger partial charge in [-0.05, 0) is 31.0 Å². The zero-order valence-electron chi connectivity index (χ0n) is 17.1. The van der Waals surface area contributed by atoms with Gasteiger partial charge in [0, 0.05) is 30.5 Å². The van der Waals surface area contributed by atoms with Crippen LogP contribution in [0.4, 0.5) is 19.3 Å². The van der Waals surface area contributed by atoms with E-state index in [2.05, 4.69) is 15.7 Å². The summed E-state index contributed by atoms with van der Waals surface area (Å²) in [7, 11) is 1.82. The quantitative estimate of drug-likeness (QED) is 0.627. The number of carbonyl (C=O) groups is 1. The van der Waals surface area contributed by atoms with Gasteiger partial charge in [0.15, 0.2) is 11.6 Å². The van der Waals surface area contributed by atoms with Crippen molar-refractivity contribution < 1.29 is 18.3 Å². The molecule has 0 fully saturated rings. The molecule has 0 bridgehead atoms. The van der Waals surface area contributed by atoms with Gasteiger partial charge in [0.1, 0.15) is 11.4 Å². The summed E-state index contributed by atoms with van der Waals surface area (Å²) in [6, 6.07) is 6.49. The zero-order valence-corrected chi connectivity index (χ0v) is 17.1. The third-order valence-electron chi connectivity index (χ3n) is 5.94. The van der Waals surface area contributed by atoms with Crippen LogP contribution in [0.15, 0.2) is 36.5 Å². The van der Waals surface area contributed by atoms with Gasteiger partial charge in [0.05, 0.1) is 23.4 Å². The number of urea groups is 1. The van der Waals surface area contributed by atoms with Crippen molar-refractivity contribution in [1.82, 2.24) is 15.1 Å². The van der Waals surface area contributed by atoms with E-state index in [1.54, 1.807) is 16.9 Å². The molecule has 2 aromatic carbocycles. The van der Waals surface area contributed by atoms with Gasteiger partial charge in [0.2, 0.25) is 0 Å². The molecule has 0 saturated carbocycles. The monoisotopic (exact) mass is 414 g/mol. The Morgan fingerprint density at radius 3 is 2.80 bits per heavy atom. The molecule has 158 valence electrons. The first-order chi connectivity index (χ1) is 14.4. The normalized spacial score (nSPS) is 17.3. The Hall–Kier alpha value is -3.16. The molecule has 1 aromatic heterocycles. The number of aromatic nitrogens is 2. The van der Waals surface area contributed by atoms with Crippen LogP contribution in [0.2, 0.25) is 0 Å². The number of hydrogen-bond donors (Lipinski definition) is 2. The Bertz CT molecular complexity index is 1110. The summed E-state index contributed by atoms with van der Waals surface area (Å²) in [6.07, 6.45) is 3.36. The Morgan fingerprint density at radius 2 is 2.07 bits per heavy atom. The number of ether oxygens (including phenoxy) is 1. The van der Waals surface area contributed by atoms with Gasteiger partial charge in [-0.15, -0.1) is 0 Å². The summed E-state index contributed by atoms with van der Waals surface area (Å²) in [6.45, 7) is 3.91. The maximum Gasteiger partial charge on any atom is 0.319 e. The Labute approximate surface area is 173 Å². The van der Waals surface area contributed by atoms with Gasteiger partial charge < -0.3 is 15.4 Å². The molecule has 8 heteroatoms. The molecular weight excluding hydrogens is 390 g/mol. The topological polar surface area (TPSA) is 68.2 Å². The summed E-state index contributed by atoms with van der Waals surface area (Å²) in [5.41, 5.74) is 1.16. The minimum atomic E-state index is -0.761. The second-order valence-electron chi connectivity index (χ2n) is 7.66. The van der Waals surface area contributed by atoms with Gasteiger partial charge >= 0.3 is 6.03 Å². The van der Waals surface area contributed by atoms with Crippen molar-refractivity contribution in [2.75, 3.05) is 5.32 Å². The minimum absolute atomic E-state index is 0.00557. The van der Waals surface area contributed by atoms with Crippen molar-refractivity contribution in [3.05, 3.63) is 53.7 Å². The molecule has 0 aliphatic carbocycles. The van der Waals surface area contributed by atoms with Crippen LogP contribution < -0.4 is 15.4 Å². The van der Waals surface area contributed by atoms with E-state index in [1.807, 2.05) is 33.0 Å². The van der Waals surface area contributed by atoms with E-state index in [9.17, 15) is 13.6 Å². The lowest BCUT2D eigenvalue weighted by molar-refractivity contribution is 0.0202. The first kappa shape index (κ1) is 20.1. The number of hydrogen-bond acceptors (Lipinski definition) is 3. The van der Waals surface area contributed by atoms with Gasteiger partial charge in [-0.2, -0.15) is 5.10 Å². The highest BCUT2D eigenvalue weighted by atomic mass is 19.1. The molecule has 1 aliphatic heterocycles. The predicted molar refractivity (Wildman–Crippen MR) is 111 cm³/mol. The number of rotatable bonds is 4.